The van der Waals surface area contributed by atoms with Crippen molar-refractivity contribution >= 4 is 5.91 Å². The van der Waals surface area contributed by atoms with Gasteiger partial charge in [0.05, 0.1) is 38.6 Å². The minimum atomic E-state index is -1.98. The second-order valence-electron chi connectivity index (χ2n) is 29.6. The van der Waals surface area contributed by atoms with Crippen molar-refractivity contribution in [2.24, 2.45) is 0 Å². The molecule has 17 unspecified atom stereocenters. The fourth-order valence-electron chi connectivity index (χ4n) is 13.8. The molecule has 1 amide bonds. The van der Waals surface area contributed by atoms with E-state index in [1.54, 1.807) is 6.08 Å². The van der Waals surface area contributed by atoms with Crippen molar-refractivity contribution in [1.82, 2.24) is 5.32 Å². The number of ether oxygens (including phenoxy) is 6. The molecule has 604 valence electrons. The van der Waals surface area contributed by atoms with E-state index in [0.717, 1.165) is 96.3 Å². The summed E-state index contributed by atoms with van der Waals surface area (Å²) < 4.78 is 34.5. The minimum absolute atomic E-state index is 0.237. The summed E-state index contributed by atoms with van der Waals surface area (Å²) in [6.45, 7) is 1.66. The normalized spacial score (nSPS) is 26.3. The van der Waals surface area contributed by atoms with Gasteiger partial charge < -0.3 is 89.9 Å². The lowest BCUT2D eigenvalue weighted by Gasteiger charge is -2.48. The summed E-state index contributed by atoms with van der Waals surface area (Å²) in [6, 6.07) is -0.981. The fraction of sp³-hybridized carbons (Fsp3) is 0.824. The van der Waals surface area contributed by atoms with Crippen molar-refractivity contribution in [2.75, 3.05) is 26.4 Å². The number of aliphatic hydroxyl groups excluding tert-OH is 11. The highest BCUT2D eigenvalue weighted by molar-refractivity contribution is 5.76. The number of unbranched alkanes of at least 4 members (excludes halogenated alkanes) is 38. The van der Waals surface area contributed by atoms with E-state index in [0.29, 0.717) is 6.42 Å². The highest BCUT2D eigenvalue weighted by Crippen LogP contribution is 2.33. The molecule has 3 saturated heterocycles. The van der Waals surface area contributed by atoms with Gasteiger partial charge in [-0.15, -0.1) is 0 Å². The van der Waals surface area contributed by atoms with Gasteiger partial charge in [-0.2, -0.15) is 0 Å². The number of allylic oxidation sites excluding steroid dienone is 13. The summed E-state index contributed by atoms with van der Waals surface area (Å²) >= 11 is 0. The Morgan fingerprint density at radius 3 is 1.04 bits per heavy atom. The number of rotatable bonds is 66. The predicted octanol–water partition coefficient (Wildman–Crippen LogP) is 14.6. The van der Waals surface area contributed by atoms with Crippen LogP contribution in [0.25, 0.3) is 0 Å². The number of nitrogens with one attached hydrogen (secondary N) is 1. The number of aliphatic hydroxyl groups is 11. The Bertz CT molecular complexity index is 2210. The van der Waals surface area contributed by atoms with Crippen LogP contribution in [0.3, 0.4) is 0 Å². The molecule has 0 radical (unpaired) electrons. The van der Waals surface area contributed by atoms with E-state index >= 15 is 0 Å². The van der Waals surface area contributed by atoms with E-state index in [1.807, 2.05) is 6.08 Å². The quantitative estimate of drug-likeness (QED) is 0.0199. The van der Waals surface area contributed by atoms with Crippen molar-refractivity contribution in [3.63, 3.8) is 0 Å². The van der Waals surface area contributed by atoms with E-state index in [4.69, 9.17) is 28.4 Å². The summed E-state index contributed by atoms with van der Waals surface area (Å²) in [5.74, 6) is -0.277. The molecule has 12 N–H and O–H groups in total. The number of carbonyl (C=O) groups is 1. The molecule has 17 atom stereocenters. The first-order chi connectivity index (χ1) is 50.8. The molecule has 3 rings (SSSR count). The first-order valence-electron chi connectivity index (χ1n) is 41.8. The fourth-order valence-corrected chi connectivity index (χ4v) is 13.8. The smallest absolute Gasteiger partial charge is 0.220 e. The van der Waals surface area contributed by atoms with Gasteiger partial charge in [0.15, 0.2) is 18.9 Å². The topological polar surface area (TPSA) is 307 Å². The van der Waals surface area contributed by atoms with Crippen LogP contribution in [0.4, 0.5) is 0 Å². The molecule has 0 aromatic carbocycles. The molecule has 3 fully saturated rings. The van der Waals surface area contributed by atoms with Crippen molar-refractivity contribution in [3.8, 4) is 0 Å². The van der Waals surface area contributed by atoms with Gasteiger partial charge in [0, 0.05) is 6.42 Å². The molecule has 3 aliphatic heterocycles. The van der Waals surface area contributed by atoms with Crippen LogP contribution < -0.4 is 5.32 Å². The summed E-state index contributed by atoms with van der Waals surface area (Å²) in [5, 5.41) is 121. The Morgan fingerprint density at radius 1 is 0.356 bits per heavy atom. The molecule has 0 bridgehead atoms. The standard InChI is InChI=1S/C85H151NO18/c1-3-5-7-9-11-13-15-17-19-21-23-25-27-29-31-33-34-35-37-39-41-43-45-47-49-51-53-55-57-59-61-63-73(91)86-68(69(90)62-60-58-56-54-52-50-48-46-44-42-40-38-36-32-30-28-26-24-22-20-18-16-14-12-10-8-6-4-2)67-99-83-79(97)76(94)81(71(65-88)101-83)104-85-80(98)77(95)82(72(66-89)102-85)103-84-78(96)75(93)74(92)70(64-87)100-84/h5,7,11,13,17,19,23,25,29,31,34-35,60,62,68-72,74-85,87-90,92-98H,3-4,6,8-10,12,14-16,18,20-22,24,26-28,30,32-33,36-59,61,63-67H2,1-2H3,(H,86,91)/b7-5-,13-11-,19-17-,25-23-,31-29-,35-34-,62-60+. The van der Waals surface area contributed by atoms with Crippen LogP contribution in [0, 0.1) is 0 Å². The van der Waals surface area contributed by atoms with Crippen LogP contribution >= 0.6 is 0 Å². The maximum atomic E-state index is 13.5. The van der Waals surface area contributed by atoms with E-state index in [-0.39, 0.29) is 18.9 Å². The molecule has 0 spiro atoms. The second-order valence-corrected chi connectivity index (χ2v) is 29.6. The van der Waals surface area contributed by atoms with E-state index < -0.39 is 124 Å². The minimum Gasteiger partial charge on any atom is -0.394 e. The van der Waals surface area contributed by atoms with Gasteiger partial charge in [0.25, 0.3) is 0 Å². The summed E-state index contributed by atoms with van der Waals surface area (Å²) in [7, 11) is 0. The number of hydrogen-bond acceptors (Lipinski definition) is 18. The van der Waals surface area contributed by atoms with Gasteiger partial charge in [0.1, 0.15) is 73.2 Å². The Hall–Kier alpha value is -3.03. The Kier molecular flexibility index (Phi) is 59.3. The molecule has 0 aromatic heterocycles. The second kappa shape index (κ2) is 64.8. The van der Waals surface area contributed by atoms with Crippen LogP contribution in [0.2, 0.25) is 0 Å². The number of amides is 1. The van der Waals surface area contributed by atoms with E-state index in [2.05, 4.69) is 92.1 Å². The van der Waals surface area contributed by atoms with Gasteiger partial charge in [-0.05, 0) is 70.6 Å². The lowest BCUT2D eigenvalue weighted by atomic mass is 9.96. The average molecular weight is 1480 g/mol. The van der Waals surface area contributed by atoms with Crippen molar-refractivity contribution in [2.45, 2.75) is 420 Å². The zero-order valence-electron chi connectivity index (χ0n) is 64.7. The molecule has 0 saturated carbocycles. The third kappa shape index (κ3) is 44.0. The predicted molar refractivity (Wildman–Crippen MR) is 415 cm³/mol. The zero-order valence-corrected chi connectivity index (χ0v) is 64.7. The average Bonchev–Trinajstić information content (AvgIpc) is 0.783. The van der Waals surface area contributed by atoms with Crippen LogP contribution in [0.1, 0.15) is 316 Å². The summed E-state index contributed by atoms with van der Waals surface area (Å²) in [4.78, 5) is 13.5. The van der Waals surface area contributed by atoms with Crippen LogP contribution in [0.5, 0.6) is 0 Å². The van der Waals surface area contributed by atoms with Gasteiger partial charge in [-0.25, -0.2) is 0 Å². The molecular weight excluding hydrogens is 1320 g/mol. The van der Waals surface area contributed by atoms with Crippen LogP contribution in [0.15, 0.2) is 85.1 Å². The molecule has 0 aliphatic carbocycles. The van der Waals surface area contributed by atoms with Gasteiger partial charge in [-0.1, -0.05) is 324 Å². The lowest BCUT2D eigenvalue weighted by molar-refractivity contribution is -0.379. The summed E-state index contributed by atoms with van der Waals surface area (Å²) in [6.07, 6.45) is 59.9. The first kappa shape index (κ1) is 95.2. The maximum Gasteiger partial charge on any atom is 0.220 e. The largest absolute Gasteiger partial charge is 0.394 e. The van der Waals surface area contributed by atoms with Gasteiger partial charge in [-0.3, -0.25) is 4.79 Å². The highest BCUT2D eigenvalue weighted by Gasteiger charge is 2.54. The molecule has 0 aromatic rings. The first-order valence-corrected chi connectivity index (χ1v) is 41.8. The van der Waals surface area contributed by atoms with Crippen molar-refractivity contribution in [1.29, 1.82) is 0 Å². The van der Waals surface area contributed by atoms with E-state index in [9.17, 15) is 61.0 Å². The number of hydrogen-bond donors (Lipinski definition) is 12. The van der Waals surface area contributed by atoms with Crippen LogP contribution in [-0.2, 0) is 33.2 Å². The maximum absolute atomic E-state index is 13.5. The molecule has 104 heavy (non-hydrogen) atoms. The number of carbonyl (C=O) groups excluding carboxylic acids is 1. The Morgan fingerprint density at radius 2 is 0.663 bits per heavy atom. The Balaban J connectivity index is 1.37. The zero-order chi connectivity index (χ0) is 75.3. The molecule has 19 heteroatoms. The van der Waals surface area contributed by atoms with Crippen LogP contribution in [-0.4, -0.2) is 193 Å². The SMILES string of the molecule is CC/C=C\C/C=C\C/C=C\C/C=C\C/C=C\C/C=C\CCCCCCCCCCCCCCC(=O)NC(COC1OC(CO)C(OC2OC(CO)C(OC3OC(CO)C(O)C(O)C3O)C(O)C2O)C(O)C1O)C(O)/C=C/CCCCCCCCCCCCCCCCCCCCCCCCCCCC. The van der Waals surface area contributed by atoms with Gasteiger partial charge in [0.2, 0.25) is 5.91 Å². The molecular formula is C85H151NO18. The molecule has 19 nitrogen and oxygen atoms in total. The van der Waals surface area contributed by atoms with Gasteiger partial charge >= 0.3 is 0 Å². The Labute approximate surface area is 629 Å². The monoisotopic (exact) mass is 1470 g/mol. The van der Waals surface area contributed by atoms with Crippen molar-refractivity contribution in [3.05, 3.63) is 85.1 Å². The third-order valence-corrected chi connectivity index (χ3v) is 20.4. The molecule has 3 heterocycles. The molecule has 3 aliphatic rings. The lowest BCUT2D eigenvalue weighted by Crippen LogP contribution is -2.66. The van der Waals surface area contributed by atoms with Crippen molar-refractivity contribution < 1.29 is 89.4 Å². The highest BCUT2D eigenvalue weighted by atomic mass is 16.8. The summed E-state index contributed by atoms with van der Waals surface area (Å²) in [5.41, 5.74) is 0. The third-order valence-electron chi connectivity index (χ3n) is 20.4. The van der Waals surface area contributed by atoms with E-state index in [1.165, 1.54) is 193 Å².